The van der Waals surface area contributed by atoms with Gasteiger partial charge in [0.1, 0.15) is 11.2 Å². The second kappa shape index (κ2) is 5.83. The zero-order valence-corrected chi connectivity index (χ0v) is 14.4. The van der Waals surface area contributed by atoms with Crippen LogP contribution in [-0.2, 0) is 0 Å². The molecule has 120 valence electrons. The molecule has 1 heteroatoms. The van der Waals surface area contributed by atoms with Crippen LogP contribution in [0.25, 0.3) is 33.1 Å². The first kappa shape index (κ1) is 15.0. The lowest BCUT2D eigenvalue weighted by atomic mass is 9.87. The summed E-state index contributed by atoms with van der Waals surface area (Å²) in [6.45, 7) is 6.86. The minimum Gasteiger partial charge on any atom is -0.456 e. The SMILES string of the molecule is CC(C)C(C)c1cccc2oc3ccc(-c4ccccc4)cc3c12. The van der Waals surface area contributed by atoms with E-state index in [0.717, 1.165) is 11.2 Å². The molecule has 24 heavy (non-hydrogen) atoms. The molecule has 1 aromatic heterocycles. The zero-order chi connectivity index (χ0) is 16.7. The lowest BCUT2D eigenvalue weighted by Gasteiger charge is -2.17. The van der Waals surface area contributed by atoms with Crippen molar-refractivity contribution < 1.29 is 4.42 Å². The van der Waals surface area contributed by atoms with E-state index in [4.69, 9.17) is 4.42 Å². The first-order chi connectivity index (χ1) is 11.6. The van der Waals surface area contributed by atoms with Gasteiger partial charge in [-0.05, 0) is 46.7 Å². The molecule has 0 aliphatic carbocycles. The number of rotatable bonds is 3. The predicted octanol–water partition coefficient (Wildman–Crippen LogP) is 7.01. The van der Waals surface area contributed by atoms with Crippen LogP contribution in [0.15, 0.2) is 71.1 Å². The average molecular weight is 314 g/mol. The van der Waals surface area contributed by atoms with Gasteiger partial charge < -0.3 is 4.42 Å². The Hall–Kier alpha value is -2.54. The largest absolute Gasteiger partial charge is 0.456 e. The molecule has 0 saturated heterocycles. The maximum Gasteiger partial charge on any atom is 0.135 e. The van der Waals surface area contributed by atoms with Crippen molar-refractivity contribution in [3.8, 4) is 11.1 Å². The molecule has 0 aliphatic heterocycles. The molecule has 0 fully saturated rings. The molecule has 3 aromatic carbocycles. The lowest BCUT2D eigenvalue weighted by Crippen LogP contribution is -2.02. The zero-order valence-electron chi connectivity index (χ0n) is 14.4. The first-order valence-electron chi connectivity index (χ1n) is 8.66. The van der Waals surface area contributed by atoms with Crippen molar-refractivity contribution in [2.75, 3.05) is 0 Å². The van der Waals surface area contributed by atoms with E-state index >= 15 is 0 Å². The molecular formula is C23H22O. The van der Waals surface area contributed by atoms with E-state index in [1.807, 2.05) is 0 Å². The molecule has 4 rings (SSSR count). The minimum absolute atomic E-state index is 0.495. The maximum absolute atomic E-state index is 6.11. The summed E-state index contributed by atoms with van der Waals surface area (Å²) < 4.78 is 6.11. The Bertz CT molecular complexity index is 993. The van der Waals surface area contributed by atoms with Crippen LogP contribution >= 0.6 is 0 Å². The smallest absolute Gasteiger partial charge is 0.135 e. The summed E-state index contributed by atoms with van der Waals surface area (Å²) in [5, 5.41) is 2.49. The van der Waals surface area contributed by atoms with Crippen LogP contribution in [0.4, 0.5) is 0 Å². The lowest BCUT2D eigenvalue weighted by molar-refractivity contribution is 0.538. The standard InChI is InChI=1S/C23H22O/c1-15(2)16(3)19-10-7-11-22-23(19)20-14-18(12-13-21(20)24-22)17-8-5-4-6-9-17/h4-16H,1-3H3. The maximum atomic E-state index is 6.11. The molecule has 0 spiro atoms. The van der Waals surface area contributed by atoms with Gasteiger partial charge in [-0.2, -0.15) is 0 Å². The van der Waals surface area contributed by atoms with Crippen LogP contribution in [0.3, 0.4) is 0 Å². The molecule has 0 bridgehead atoms. The van der Waals surface area contributed by atoms with E-state index in [0.29, 0.717) is 11.8 Å². The van der Waals surface area contributed by atoms with Crippen LogP contribution < -0.4 is 0 Å². The number of hydrogen-bond donors (Lipinski definition) is 0. The number of fused-ring (bicyclic) bond motifs is 3. The quantitative estimate of drug-likeness (QED) is 0.396. The van der Waals surface area contributed by atoms with Gasteiger partial charge in [0, 0.05) is 10.8 Å². The van der Waals surface area contributed by atoms with E-state index < -0.39 is 0 Å². The summed E-state index contributed by atoms with van der Waals surface area (Å²) in [6.07, 6.45) is 0. The normalized spacial score (nSPS) is 13.0. The van der Waals surface area contributed by atoms with E-state index in [9.17, 15) is 0 Å². The number of furan rings is 1. The molecule has 0 saturated carbocycles. The Balaban J connectivity index is 2.00. The number of hydrogen-bond acceptors (Lipinski definition) is 1. The van der Waals surface area contributed by atoms with E-state index in [1.165, 1.54) is 27.5 Å². The van der Waals surface area contributed by atoms with E-state index in [1.54, 1.807) is 0 Å². The topological polar surface area (TPSA) is 13.1 Å². The predicted molar refractivity (Wildman–Crippen MR) is 102 cm³/mol. The van der Waals surface area contributed by atoms with Gasteiger partial charge in [0.15, 0.2) is 0 Å². The molecule has 1 heterocycles. The van der Waals surface area contributed by atoms with Crippen LogP contribution in [0.5, 0.6) is 0 Å². The van der Waals surface area contributed by atoms with Gasteiger partial charge in [0.05, 0.1) is 0 Å². The van der Waals surface area contributed by atoms with Gasteiger partial charge in [-0.25, -0.2) is 0 Å². The van der Waals surface area contributed by atoms with Crippen LogP contribution in [0.1, 0.15) is 32.3 Å². The number of benzene rings is 3. The summed E-state index contributed by atoms with van der Waals surface area (Å²) >= 11 is 0. The molecule has 0 amide bonds. The Morgan fingerprint density at radius 3 is 2.25 bits per heavy atom. The Labute approximate surface area is 142 Å². The molecule has 4 aromatic rings. The second-order valence-corrected chi connectivity index (χ2v) is 6.93. The summed E-state index contributed by atoms with van der Waals surface area (Å²) in [5.41, 5.74) is 5.81. The molecular weight excluding hydrogens is 292 g/mol. The fraction of sp³-hybridized carbons (Fsp3) is 0.217. The average Bonchev–Trinajstić information content (AvgIpc) is 2.99. The molecule has 0 radical (unpaired) electrons. The third kappa shape index (κ3) is 2.41. The van der Waals surface area contributed by atoms with Crippen molar-refractivity contribution >= 4 is 21.9 Å². The molecule has 1 unspecified atom stereocenters. The highest BCUT2D eigenvalue weighted by molar-refractivity contribution is 6.08. The van der Waals surface area contributed by atoms with Crippen molar-refractivity contribution in [3.63, 3.8) is 0 Å². The van der Waals surface area contributed by atoms with Gasteiger partial charge >= 0.3 is 0 Å². The molecule has 0 N–H and O–H groups in total. The van der Waals surface area contributed by atoms with Crippen molar-refractivity contribution in [1.29, 1.82) is 0 Å². The summed E-state index contributed by atoms with van der Waals surface area (Å²) in [5.74, 6) is 1.09. The van der Waals surface area contributed by atoms with Crippen LogP contribution in [0, 0.1) is 5.92 Å². The third-order valence-electron chi connectivity index (χ3n) is 5.12. The van der Waals surface area contributed by atoms with Crippen molar-refractivity contribution in [2.45, 2.75) is 26.7 Å². The summed E-state index contributed by atoms with van der Waals surface area (Å²) in [6, 6.07) is 23.5. The van der Waals surface area contributed by atoms with Gasteiger partial charge in [-0.3, -0.25) is 0 Å². The van der Waals surface area contributed by atoms with Gasteiger partial charge in [-0.1, -0.05) is 69.3 Å². The summed E-state index contributed by atoms with van der Waals surface area (Å²) in [7, 11) is 0. The van der Waals surface area contributed by atoms with Crippen LogP contribution in [-0.4, -0.2) is 0 Å². The highest BCUT2D eigenvalue weighted by Crippen LogP contribution is 2.38. The fourth-order valence-corrected chi connectivity index (χ4v) is 3.40. The molecule has 1 atom stereocenters. The highest BCUT2D eigenvalue weighted by Gasteiger charge is 2.17. The van der Waals surface area contributed by atoms with Crippen molar-refractivity contribution in [3.05, 3.63) is 72.3 Å². The monoisotopic (exact) mass is 314 g/mol. The fourth-order valence-electron chi connectivity index (χ4n) is 3.40. The Morgan fingerprint density at radius 1 is 0.708 bits per heavy atom. The van der Waals surface area contributed by atoms with E-state index in [2.05, 4.69) is 87.5 Å². The molecule has 0 aliphatic rings. The van der Waals surface area contributed by atoms with Crippen molar-refractivity contribution in [1.82, 2.24) is 0 Å². The highest BCUT2D eigenvalue weighted by atomic mass is 16.3. The van der Waals surface area contributed by atoms with Crippen LogP contribution in [0.2, 0.25) is 0 Å². The van der Waals surface area contributed by atoms with Gasteiger partial charge in [0.25, 0.3) is 0 Å². The minimum atomic E-state index is 0.495. The first-order valence-corrected chi connectivity index (χ1v) is 8.66. The van der Waals surface area contributed by atoms with Crippen molar-refractivity contribution in [2.24, 2.45) is 5.92 Å². The Kier molecular flexibility index (Phi) is 3.65. The Morgan fingerprint density at radius 2 is 1.50 bits per heavy atom. The third-order valence-corrected chi connectivity index (χ3v) is 5.12. The summed E-state index contributed by atoms with van der Waals surface area (Å²) in [4.78, 5) is 0. The molecule has 1 nitrogen and oxygen atoms in total. The van der Waals surface area contributed by atoms with Gasteiger partial charge in [0.2, 0.25) is 0 Å². The second-order valence-electron chi connectivity index (χ2n) is 6.93. The van der Waals surface area contributed by atoms with Gasteiger partial charge in [-0.15, -0.1) is 0 Å². The van der Waals surface area contributed by atoms with E-state index in [-0.39, 0.29) is 0 Å².